The number of aliphatic hydroxyl groups excluding tert-OH is 1. The molecule has 0 aromatic rings. The topological polar surface area (TPSA) is 214 Å². The molecule has 0 rings (SSSR count). The fourth-order valence-electron chi connectivity index (χ4n) is 2.66. The summed E-state index contributed by atoms with van der Waals surface area (Å²) in [5, 5.41) is 25.4. The molecule has 0 saturated heterocycles. The molecule has 12 nitrogen and oxygen atoms in total. The van der Waals surface area contributed by atoms with Gasteiger partial charge in [-0.3, -0.25) is 19.2 Å². The van der Waals surface area contributed by atoms with Crippen LogP contribution >= 0.6 is 0 Å². The molecule has 0 aromatic heterocycles. The first-order valence-corrected chi connectivity index (χ1v) is 10.2. The monoisotopic (exact) mass is 445 g/mol. The van der Waals surface area contributed by atoms with Gasteiger partial charge in [0, 0.05) is 0 Å². The number of carbonyl (C=O) groups excluding carboxylic acids is 4. The van der Waals surface area contributed by atoms with E-state index in [1.807, 2.05) is 0 Å². The number of aliphatic carboxylic acids is 1. The Balaban J connectivity index is 5.54. The number of nitrogens with two attached hydrogens (primary N) is 2. The average molecular weight is 446 g/mol. The van der Waals surface area contributed by atoms with Crippen molar-refractivity contribution in [1.29, 1.82) is 0 Å². The Hall–Kier alpha value is -2.73. The second-order valence-electron chi connectivity index (χ2n) is 7.60. The maximum atomic E-state index is 12.9. The maximum absolute atomic E-state index is 12.9. The van der Waals surface area contributed by atoms with E-state index in [4.69, 9.17) is 21.7 Å². The molecule has 0 aromatic carbocycles. The molecule has 0 aliphatic heterocycles. The molecule has 0 aliphatic rings. The Morgan fingerprint density at radius 1 is 0.839 bits per heavy atom. The molecule has 178 valence electrons. The van der Waals surface area contributed by atoms with Crippen LogP contribution in [0, 0.1) is 11.8 Å². The third kappa shape index (κ3) is 9.30. The normalized spacial score (nSPS) is 16.7. The molecule has 12 heteroatoms. The zero-order valence-corrected chi connectivity index (χ0v) is 18.4. The van der Waals surface area contributed by atoms with Crippen molar-refractivity contribution in [3.63, 3.8) is 0 Å². The molecule has 0 heterocycles. The number of carbonyl (C=O) groups is 5. The number of hydrogen-bond donors (Lipinski definition) is 7. The van der Waals surface area contributed by atoms with E-state index in [-0.39, 0.29) is 11.8 Å². The number of hydrogen-bond acceptors (Lipinski definition) is 7. The first-order chi connectivity index (χ1) is 14.4. The molecule has 0 spiro atoms. The van der Waals surface area contributed by atoms with Crippen LogP contribution in [0.3, 0.4) is 0 Å². The number of rotatable bonds is 14. The van der Waals surface area contributed by atoms with E-state index in [1.54, 1.807) is 27.7 Å². The zero-order chi connectivity index (χ0) is 24.3. The van der Waals surface area contributed by atoms with Crippen LogP contribution in [0.5, 0.6) is 0 Å². The Bertz CT molecular complexity index is 658. The number of carboxylic acid groups (broad SMARTS) is 1. The van der Waals surface area contributed by atoms with Gasteiger partial charge in [0.05, 0.1) is 19.1 Å². The van der Waals surface area contributed by atoms with Gasteiger partial charge >= 0.3 is 5.97 Å². The molecule has 4 amide bonds. The molecule has 31 heavy (non-hydrogen) atoms. The van der Waals surface area contributed by atoms with Crippen LogP contribution in [0.4, 0.5) is 0 Å². The van der Waals surface area contributed by atoms with E-state index < -0.39 is 66.8 Å². The average Bonchev–Trinajstić information content (AvgIpc) is 2.71. The van der Waals surface area contributed by atoms with Crippen molar-refractivity contribution in [1.82, 2.24) is 16.0 Å². The third-order valence-corrected chi connectivity index (χ3v) is 5.14. The molecule has 6 unspecified atom stereocenters. The molecule has 0 fully saturated rings. The molecule has 0 saturated carbocycles. The van der Waals surface area contributed by atoms with E-state index >= 15 is 0 Å². The molecule has 0 bridgehead atoms. The predicted molar refractivity (Wildman–Crippen MR) is 111 cm³/mol. The van der Waals surface area contributed by atoms with Crippen molar-refractivity contribution in [2.45, 2.75) is 71.1 Å². The number of carboxylic acids is 1. The molecule has 6 atom stereocenters. The van der Waals surface area contributed by atoms with E-state index in [2.05, 4.69) is 16.0 Å². The Labute approximate surface area is 181 Å². The summed E-state index contributed by atoms with van der Waals surface area (Å²) in [6.45, 7) is 6.19. The number of aliphatic hydroxyl groups is 1. The van der Waals surface area contributed by atoms with Gasteiger partial charge in [-0.15, -0.1) is 0 Å². The van der Waals surface area contributed by atoms with Crippen LogP contribution < -0.4 is 27.4 Å². The van der Waals surface area contributed by atoms with Crippen molar-refractivity contribution >= 4 is 29.6 Å². The van der Waals surface area contributed by atoms with Gasteiger partial charge in [0.1, 0.15) is 18.1 Å². The smallest absolute Gasteiger partial charge is 0.328 e. The van der Waals surface area contributed by atoms with Crippen LogP contribution in [0.15, 0.2) is 0 Å². The van der Waals surface area contributed by atoms with Crippen LogP contribution in [-0.2, 0) is 24.0 Å². The summed E-state index contributed by atoms with van der Waals surface area (Å²) in [4.78, 5) is 59.9. The van der Waals surface area contributed by atoms with E-state index in [0.29, 0.717) is 12.8 Å². The lowest BCUT2D eigenvalue weighted by Gasteiger charge is -2.29. The molecular formula is C19H35N5O7. The Morgan fingerprint density at radius 3 is 1.61 bits per heavy atom. The summed E-state index contributed by atoms with van der Waals surface area (Å²) in [5.74, 6) is -5.07. The standard InChI is InChI=1S/C19H35N5O7/c1-5-9(3)14(17(28)22-12(8-25)19(30)31)24-18(29)15(10(4)6-2)23-16(27)11(20)7-13(21)26/h9-12,14-15,25H,5-8,20H2,1-4H3,(H2,21,26)(H,22,28)(H,23,27)(H,24,29)(H,30,31). The summed E-state index contributed by atoms with van der Waals surface area (Å²) in [5.41, 5.74) is 10.7. The van der Waals surface area contributed by atoms with Gasteiger partial charge in [-0.2, -0.15) is 0 Å². The van der Waals surface area contributed by atoms with Crippen LogP contribution in [0.2, 0.25) is 0 Å². The van der Waals surface area contributed by atoms with E-state index in [9.17, 15) is 24.0 Å². The van der Waals surface area contributed by atoms with Crippen molar-refractivity contribution in [2.24, 2.45) is 23.3 Å². The van der Waals surface area contributed by atoms with Crippen molar-refractivity contribution < 1.29 is 34.2 Å². The van der Waals surface area contributed by atoms with Crippen molar-refractivity contribution in [3.05, 3.63) is 0 Å². The zero-order valence-electron chi connectivity index (χ0n) is 18.4. The number of amides is 4. The second-order valence-corrected chi connectivity index (χ2v) is 7.60. The second kappa shape index (κ2) is 13.5. The maximum Gasteiger partial charge on any atom is 0.328 e. The summed E-state index contributed by atoms with van der Waals surface area (Å²) < 4.78 is 0. The summed E-state index contributed by atoms with van der Waals surface area (Å²) in [6.07, 6.45) is 0.602. The van der Waals surface area contributed by atoms with Gasteiger partial charge in [0.25, 0.3) is 0 Å². The highest BCUT2D eigenvalue weighted by atomic mass is 16.4. The summed E-state index contributed by atoms with van der Waals surface area (Å²) in [7, 11) is 0. The molecule has 0 aliphatic carbocycles. The van der Waals surface area contributed by atoms with Gasteiger partial charge < -0.3 is 37.6 Å². The van der Waals surface area contributed by atoms with Gasteiger partial charge in [-0.25, -0.2) is 4.79 Å². The Kier molecular flexibility index (Phi) is 12.4. The first-order valence-electron chi connectivity index (χ1n) is 10.2. The highest BCUT2D eigenvalue weighted by molar-refractivity contribution is 5.95. The minimum absolute atomic E-state index is 0.338. The lowest BCUT2D eigenvalue weighted by molar-refractivity contribution is -0.143. The highest BCUT2D eigenvalue weighted by Crippen LogP contribution is 2.13. The van der Waals surface area contributed by atoms with E-state index in [0.717, 1.165) is 0 Å². The van der Waals surface area contributed by atoms with Crippen molar-refractivity contribution in [3.8, 4) is 0 Å². The fraction of sp³-hybridized carbons (Fsp3) is 0.737. The summed E-state index contributed by atoms with van der Waals surface area (Å²) in [6, 6.07) is -4.91. The lowest BCUT2D eigenvalue weighted by Crippen LogP contribution is -2.60. The minimum Gasteiger partial charge on any atom is -0.480 e. The largest absolute Gasteiger partial charge is 0.480 e. The van der Waals surface area contributed by atoms with Crippen molar-refractivity contribution in [2.75, 3.05) is 6.61 Å². The lowest BCUT2D eigenvalue weighted by atomic mass is 9.94. The molecule has 9 N–H and O–H groups in total. The van der Waals surface area contributed by atoms with Crippen LogP contribution in [0.25, 0.3) is 0 Å². The fourth-order valence-corrected chi connectivity index (χ4v) is 2.66. The first kappa shape index (κ1) is 28.3. The number of primary amides is 1. The number of nitrogens with one attached hydrogen (secondary N) is 3. The van der Waals surface area contributed by atoms with Crippen LogP contribution in [-0.4, -0.2) is 70.6 Å². The SMILES string of the molecule is CCC(C)C(NC(=O)C(N)CC(N)=O)C(=O)NC(C(=O)NC(CO)C(=O)O)C(C)CC. The quantitative estimate of drug-likeness (QED) is 0.155. The minimum atomic E-state index is -1.52. The summed E-state index contributed by atoms with van der Waals surface area (Å²) >= 11 is 0. The predicted octanol–water partition coefficient (Wildman–Crippen LogP) is -2.19. The highest BCUT2D eigenvalue weighted by Gasteiger charge is 2.34. The van der Waals surface area contributed by atoms with E-state index in [1.165, 1.54) is 0 Å². The van der Waals surface area contributed by atoms with Gasteiger partial charge in [-0.05, 0) is 11.8 Å². The molecule has 0 radical (unpaired) electrons. The van der Waals surface area contributed by atoms with Gasteiger partial charge in [0.15, 0.2) is 0 Å². The third-order valence-electron chi connectivity index (χ3n) is 5.14. The van der Waals surface area contributed by atoms with Gasteiger partial charge in [-0.1, -0.05) is 40.5 Å². The van der Waals surface area contributed by atoms with Gasteiger partial charge in [0.2, 0.25) is 23.6 Å². The Morgan fingerprint density at radius 2 is 1.26 bits per heavy atom. The molecular weight excluding hydrogens is 410 g/mol. The van der Waals surface area contributed by atoms with Crippen LogP contribution in [0.1, 0.15) is 47.0 Å².